The lowest BCUT2D eigenvalue weighted by atomic mass is 10.1. The molecule has 1 atom stereocenters. The second-order valence-electron chi connectivity index (χ2n) is 6.13. The molecule has 1 heterocycles. The predicted molar refractivity (Wildman–Crippen MR) is 78.6 cm³/mol. The number of hydrogen-bond acceptors (Lipinski definition) is 3. The van der Waals surface area contributed by atoms with E-state index >= 15 is 0 Å². The number of carboxylic acid groups (broad SMARTS) is 1. The molecule has 1 fully saturated rings. The van der Waals surface area contributed by atoms with E-state index < -0.39 is 5.97 Å². The normalized spacial score (nSPS) is 18.1. The van der Waals surface area contributed by atoms with Gasteiger partial charge < -0.3 is 10.0 Å². The largest absolute Gasteiger partial charge is 0.480 e. The fraction of sp³-hybridized carbons (Fsp3) is 0.867. The van der Waals surface area contributed by atoms with Gasteiger partial charge >= 0.3 is 5.97 Å². The van der Waals surface area contributed by atoms with Gasteiger partial charge in [0, 0.05) is 19.6 Å². The van der Waals surface area contributed by atoms with Gasteiger partial charge in [-0.2, -0.15) is 0 Å². The standard InChI is InChI=1S/C15H28N2O3/c1-12(2)10-17(11-14(18)19)13(3)15(20)16-8-6-4-5-7-9-16/h12-13H,4-11H2,1-3H3,(H,18,19). The van der Waals surface area contributed by atoms with Crippen molar-refractivity contribution >= 4 is 11.9 Å². The minimum atomic E-state index is -0.874. The number of nitrogens with zero attached hydrogens (tertiary/aromatic N) is 2. The summed E-state index contributed by atoms with van der Waals surface area (Å²) in [6.45, 7) is 8.10. The summed E-state index contributed by atoms with van der Waals surface area (Å²) in [5.74, 6) is -0.455. The average Bonchev–Trinajstić information content (AvgIpc) is 2.63. The van der Waals surface area contributed by atoms with Gasteiger partial charge in [0.05, 0.1) is 12.6 Å². The number of rotatable bonds is 6. The van der Waals surface area contributed by atoms with Gasteiger partial charge in [0.25, 0.3) is 0 Å². The molecule has 20 heavy (non-hydrogen) atoms. The van der Waals surface area contributed by atoms with E-state index in [1.54, 1.807) is 4.90 Å². The average molecular weight is 284 g/mol. The van der Waals surface area contributed by atoms with Crippen molar-refractivity contribution in [2.45, 2.75) is 52.5 Å². The van der Waals surface area contributed by atoms with E-state index in [9.17, 15) is 9.59 Å². The summed E-state index contributed by atoms with van der Waals surface area (Å²) in [5, 5.41) is 9.02. The lowest BCUT2D eigenvalue weighted by Crippen LogP contribution is -2.50. The van der Waals surface area contributed by atoms with Crippen LogP contribution in [0.3, 0.4) is 0 Å². The Morgan fingerprint density at radius 2 is 1.65 bits per heavy atom. The monoisotopic (exact) mass is 284 g/mol. The molecule has 0 aromatic heterocycles. The number of carbonyl (C=O) groups excluding carboxylic acids is 1. The lowest BCUT2D eigenvalue weighted by Gasteiger charge is -2.32. The SMILES string of the molecule is CC(C)CN(CC(=O)O)C(C)C(=O)N1CCCCCC1. The molecule has 0 aromatic carbocycles. The number of hydrogen-bond donors (Lipinski definition) is 1. The fourth-order valence-corrected chi connectivity index (χ4v) is 2.71. The van der Waals surface area contributed by atoms with Crippen LogP contribution in [0.5, 0.6) is 0 Å². The lowest BCUT2D eigenvalue weighted by molar-refractivity contribution is -0.142. The van der Waals surface area contributed by atoms with Crippen LogP contribution in [0.15, 0.2) is 0 Å². The van der Waals surface area contributed by atoms with Crippen molar-refractivity contribution in [3.63, 3.8) is 0 Å². The van der Waals surface area contributed by atoms with Gasteiger partial charge in [-0.15, -0.1) is 0 Å². The molecule has 1 saturated heterocycles. The van der Waals surface area contributed by atoms with Crippen molar-refractivity contribution < 1.29 is 14.7 Å². The zero-order valence-corrected chi connectivity index (χ0v) is 13.0. The predicted octanol–water partition coefficient (Wildman–Crippen LogP) is 1.82. The summed E-state index contributed by atoms with van der Waals surface area (Å²) in [7, 11) is 0. The summed E-state index contributed by atoms with van der Waals surface area (Å²) < 4.78 is 0. The summed E-state index contributed by atoms with van der Waals surface area (Å²) in [5.41, 5.74) is 0. The maximum Gasteiger partial charge on any atom is 0.317 e. The van der Waals surface area contributed by atoms with Crippen molar-refractivity contribution in [3.05, 3.63) is 0 Å². The Bertz CT molecular complexity index is 323. The second-order valence-corrected chi connectivity index (χ2v) is 6.13. The maximum atomic E-state index is 12.5. The van der Waals surface area contributed by atoms with Gasteiger partial charge in [-0.25, -0.2) is 0 Å². The molecule has 0 aromatic rings. The zero-order chi connectivity index (χ0) is 15.1. The molecule has 116 valence electrons. The van der Waals surface area contributed by atoms with Gasteiger partial charge in [0.2, 0.25) is 5.91 Å². The van der Waals surface area contributed by atoms with Crippen LogP contribution in [-0.2, 0) is 9.59 Å². The molecular weight excluding hydrogens is 256 g/mol. The first-order valence-electron chi connectivity index (χ1n) is 7.66. The summed E-state index contributed by atoms with van der Waals surface area (Å²) in [4.78, 5) is 27.2. The van der Waals surface area contributed by atoms with E-state index in [2.05, 4.69) is 0 Å². The summed E-state index contributed by atoms with van der Waals surface area (Å²) >= 11 is 0. The van der Waals surface area contributed by atoms with E-state index in [0.29, 0.717) is 12.5 Å². The van der Waals surface area contributed by atoms with E-state index in [1.165, 1.54) is 12.8 Å². The van der Waals surface area contributed by atoms with Crippen molar-refractivity contribution in [1.82, 2.24) is 9.80 Å². The molecule has 1 amide bonds. The molecule has 0 saturated carbocycles. The van der Waals surface area contributed by atoms with Crippen LogP contribution in [0.1, 0.15) is 46.5 Å². The molecule has 1 unspecified atom stereocenters. The Morgan fingerprint density at radius 3 is 2.10 bits per heavy atom. The van der Waals surface area contributed by atoms with Crippen LogP contribution in [0.4, 0.5) is 0 Å². The van der Waals surface area contributed by atoms with Crippen molar-refractivity contribution in [2.24, 2.45) is 5.92 Å². The highest BCUT2D eigenvalue weighted by molar-refractivity contribution is 5.82. The van der Waals surface area contributed by atoms with Crippen LogP contribution in [0.2, 0.25) is 0 Å². The molecule has 1 aliphatic rings. The highest BCUT2D eigenvalue weighted by Crippen LogP contribution is 2.13. The van der Waals surface area contributed by atoms with Crippen LogP contribution in [0, 0.1) is 5.92 Å². The summed E-state index contributed by atoms with van der Waals surface area (Å²) in [6.07, 6.45) is 4.48. The fourth-order valence-electron chi connectivity index (χ4n) is 2.71. The van der Waals surface area contributed by atoms with E-state index in [0.717, 1.165) is 25.9 Å². The van der Waals surface area contributed by atoms with Gasteiger partial charge in [-0.1, -0.05) is 26.7 Å². The molecule has 1 N–H and O–H groups in total. The Morgan fingerprint density at radius 1 is 1.10 bits per heavy atom. The van der Waals surface area contributed by atoms with E-state index in [-0.39, 0.29) is 18.5 Å². The third-order valence-corrected chi connectivity index (χ3v) is 3.76. The van der Waals surface area contributed by atoms with Crippen LogP contribution < -0.4 is 0 Å². The van der Waals surface area contributed by atoms with Gasteiger partial charge in [-0.05, 0) is 25.7 Å². The van der Waals surface area contributed by atoms with E-state index in [1.807, 2.05) is 25.7 Å². The molecule has 0 bridgehead atoms. The number of amides is 1. The Labute approximate surface area is 121 Å². The van der Waals surface area contributed by atoms with Crippen LogP contribution in [-0.4, -0.2) is 59.0 Å². The quantitative estimate of drug-likeness (QED) is 0.808. The van der Waals surface area contributed by atoms with Gasteiger partial charge in [-0.3, -0.25) is 14.5 Å². The van der Waals surface area contributed by atoms with Gasteiger partial charge in [0.15, 0.2) is 0 Å². The Kier molecular flexibility index (Phi) is 6.99. The Balaban J connectivity index is 2.67. The maximum absolute atomic E-state index is 12.5. The Hall–Kier alpha value is -1.10. The zero-order valence-electron chi connectivity index (χ0n) is 13.0. The van der Waals surface area contributed by atoms with Crippen LogP contribution in [0.25, 0.3) is 0 Å². The number of aliphatic carboxylic acids is 1. The first kappa shape index (κ1) is 17.0. The minimum Gasteiger partial charge on any atom is -0.480 e. The van der Waals surface area contributed by atoms with Crippen molar-refractivity contribution in [2.75, 3.05) is 26.2 Å². The highest BCUT2D eigenvalue weighted by Gasteiger charge is 2.28. The summed E-state index contributed by atoms with van der Waals surface area (Å²) in [6, 6.07) is -0.355. The minimum absolute atomic E-state index is 0.0705. The molecule has 5 heteroatoms. The second kappa shape index (κ2) is 8.25. The number of carbonyl (C=O) groups is 2. The first-order valence-corrected chi connectivity index (χ1v) is 7.66. The molecule has 1 aliphatic heterocycles. The van der Waals surface area contributed by atoms with Crippen molar-refractivity contribution in [3.8, 4) is 0 Å². The molecule has 5 nitrogen and oxygen atoms in total. The number of likely N-dealkylation sites (tertiary alicyclic amines) is 1. The number of carboxylic acids is 1. The molecule has 0 spiro atoms. The molecule has 1 rings (SSSR count). The molecule has 0 aliphatic carbocycles. The third kappa shape index (κ3) is 5.49. The third-order valence-electron chi connectivity index (χ3n) is 3.76. The van der Waals surface area contributed by atoms with Crippen molar-refractivity contribution in [1.29, 1.82) is 0 Å². The first-order chi connectivity index (χ1) is 9.41. The topological polar surface area (TPSA) is 60.9 Å². The highest BCUT2D eigenvalue weighted by atomic mass is 16.4. The molecular formula is C15H28N2O3. The van der Waals surface area contributed by atoms with Gasteiger partial charge in [0.1, 0.15) is 0 Å². The smallest absolute Gasteiger partial charge is 0.317 e. The molecule has 0 radical (unpaired) electrons. The van der Waals surface area contributed by atoms with Crippen LogP contribution >= 0.6 is 0 Å². The van der Waals surface area contributed by atoms with E-state index in [4.69, 9.17) is 5.11 Å².